The van der Waals surface area contributed by atoms with E-state index < -0.39 is 17.8 Å². The molecule has 0 atom stereocenters. The van der Waals surface area contributed by atoms with Crippen molar-refractivity contribution < 1.29 is 29.0 Å². The highest BCUT2D eigenvalue weighted by atomic mass is 16.5. The van der Waals surface area contributed by atoms with Gasteiger partial charge in [-0.25, -0.2) is 0 Å². The fourth-order valence-corrected chi connectivity index (χ4v) is 1.94. The molecule has 0 heterocycles. The van der Waals surface area contributed by atoms with Gasteiger partial charge in [0.25, 0.3) is 11.8 Å². The Morgan fingerprint density at radius 3 is 2.48 bits per heavy atom. The van der Waals surface area contributed by atoms with Crippen LogP contribution in [-0.2, 0) is 9.59 Å². The average molecular weight is 324 g/mol. The third kappa shape index (κ3) is 5.50. The van der Waals surface area contributed by atoms with Crippen LogP contribution in [-0.4, -0.2) is 54.6 Å². The van der Waals surface area contributed by atoms with E-state index in [2.05, 4.69) is 0 Å². The maximum atomic E-state index is 12.4. The number of rotatable bonds is 9. The zero-order valence-corrected chi connectivity index (χ0v) is 13.1. The minimum absolute atomic E-state index is 0.254. The number of carbonyl (C=O) groups excluding carboxylic acids is 2. The lowest BCUT2D eigenvalue weighted by Gasteiger charge is -2.20. The molecule has 0 bridgehead atoms. The van der Waals surface area contributed by atoms with Gasteiger partial charge in [-0.1, -0.05) is 6.92 Å². The Labute approximate surface area is 133 Å². The van der Waals surface area contributed by atoms with E-state index in [1.807, 2.05) is 6.92 Å². The lowest BCUT2D eigenvalue weighted by molar-refractivity contribution is -0.137. The van der Waals surface area contributed by atoms with Gasteiger partial charge in [0.05, 0.1) is 7.11 Å². The molecule has 0 saturated heterocycles. The molecule has 0 fully saturated rings. The second kappa shape index (κ2) is 8.62. The summed E-state index contributed by atoms with van der Waals surface area (Å²) in [5, 5.41) is 8.89. The van der Waals surface area contributed by atoms with Crippen molar-refractivity contribution >= 4 is 17.8 Å². The first kappa shape index (κ1) is 18.3. The van der Waals surface area contributed by atoms with E-state index in [4.69, 9.17) is 20.3 Å². The number of carboxylic acid groups (broad SMARTS) is 1. The van der Waals surface area contributed by atoms with E-state index in [1.54, 1.807) is 0 Å². The number of carboxylic acids is 1. The lowest BCUT2D eigenvalue weighted by atomic mass is 10.1. The zero-order chi connectivity index (χ0) is 17.4. The normalized spacial score (nSPS) is 10.0. The van der Waals surface area contributed by atoms with Crippen molar-refractivity contribution in [3.05, 3.63) is 23.8 Å². The van der Waals surface area contributed by atoms with Crippen LogP contribution in [0.1, 0.15) is 23.7 Å². The molecule has 2 amide bonds. The predicted octanol–water partition coefficient (Wildman–Crippen LogP) is 0.496. The van der Waals surface area contributed by atoms with Crippen molar-refractivity contribution in [1.29, 1.82) is 0 Å². The van der Waals surface area contributed by atoms with Gasteiger partial charge in [-0.2, -0.15) is 0 Å². The SMILES string of the molecule is CCCN(CC(=O)O)C(=O)c1ccc(OCC(N)=O)c(OC)c1. The molecule has 1 aromatic carbocycles. The van der Waals surface area contributed by atoms with Crippen LogP contribution in [0.4, 0.5) is 0 Å². The second-order valence-electron chi connectivity index (χ2n) is 4.74. The standard InChI is InChI=1S/C15H20N2O6/c1-3-6-17(8-14(19)20)15(21)10-4-5-11(12(7-10)22-2)23-9-13(16)18/h4-5,7H,3,6,8-9H2,1-2H3,(H2,16,18)(H,19,20). The first-order valence-corrected chi connectivity index (χ1v) is 6.99. The number of benzene rings is 1. The molecule has 8 nitrogen and oxygen atoms in total. The van der Waals surface area contributed by atoms with Crippen LogP contribution < -0.4 is 15.2 Å². The predicted molar refractivity (Wildman–Crippen MR) is 81.5 cm³/mol. The molecule has 0 unspecified atom stereocenters. The Balaban J connectivity index is 2.99. The first-order valence-electron chi connectivity index (χ1n) is 6.99. The molecule has 23 heavy (non-hydrogen) atoms. The van der Waals surface area contributed by atoms with Crippen LogP contribution in [0.25, 0.3) is 0 Å². The monoisotopic (exact) mass is 324 g/mol. The quantitative estimate of drug-likeness (QED) is 0.682. The summed E-state index contributed by atoms with van der Waals surface area (Å²) in [7, 11) is 1.39. The highest BCUT2D eigenvalue weighted by Gasteiger charge is 2.19. The summed E-state index contributed by atoms with van der Waals surface area (Å²) in [6.45, 7) is 1.48. The van der Waals surface area contributed by atoms with Gasteiger partial charge < -0.3 is 25.2 Å². The summed E-state index contributed by atoms with van der Waals surface area (Å²) in [5.74, 6) is -1.62. The maximum Gasteiger partial charge on any atom is 0.323 e. The van der Waals surface area contributed by atoms with Gasteiger partial charge in [-0.15, -0.1) is 0 Å². The van der Waals surface area contributed by atoms with E-state index >= 15 is 0 Å². The second-order valence-corrected chi connectivity index (χ2v) is 4.74. The highest BCUT2D eigenvalue weighted by Crippen LogP contribution is 2.28. The van der Waals surface area contributed by atoms with Crippen molar-refractivity contribution in [3.63, 3.8) is 0 Å². The van der Waals surface area contributed by atoms with Crippen LogP contribution in [0.5, 0.6) is 11.5 Å². The molecule has 8 heteroatoms. The smallest absolute Gasteiger partial charge is 0.323 e. The Hall–Kier alpha value is -2.77. The number of nitrogens with two attached hydrogens (primary N) is 1. The van der Waals surface area contributed by atoms with Gasteiger partial charge in [0, 0.05) is 12.1 Å². The molecule has 3 N–H and O–H groups in total. The molecule has 0 aromatic heterocycles. The Morgan fingerprint density at radius 1 is 1.26 bits per heavy atom. The lowest BCUT2D eigenvalue weighted by Crippen LogP contribution is -2.36. The average Bonchev–Trinajstić information content (AvgIpc) is 2.51. The highest BCUT2D eigenvalue weighted by molar-refractivity contribution is 5.96. The molecule has 1 aromatic rings. The van der Waals surface area contributed by atoms with Crippen molar-refractivity contribution in [2.75, 3.05) is 26.8 Å². The molecule has 126 valence electrons. The van der Waals surface area contributed by atoms with Gasteiger partial charge in [0.2, 0.25) is 0 Å². The van der Waals surface area contributed by atoms with E-state index in [0.29, 0.717) is 13.0 Å². The fourth-order valence-electron chi connectivity index (χ4n) is 1.94. The number of carbonyl (C=O) groups is 3. The number of primary amides is 1. The first-order chi connectivity index (χ1) is 10.9. The molecule has 0 aliphatic carbocycles. The summed E-state index contributed by atoms with van der Waals surface area (Å²) >= 11 is 0. The Morgan fingerprint density at radius 2 is 1.96 bits per heavy atom. The van der Waals surface area contributed by atoms with E-state index in [-0.39, 0.29) is 30.2 Å². The third-order valence-corrected chi connectivity index (χ3v) is 2.89. The minimum atomic E-state index is -1.08. The number of nitrogens with zero attached hydrogens (tertiary/aromatic N) is 1. The third-order valence-electron chi connectivity index (χ3n) is 2.89. The number of amides is 2. The van der Waals surface area contributed by atoms with Crippen molar-refractivity contribution in [3.8, 4) is 11.5 Å². The van der Waals surface area contributed by atoms with Crippen LogP contribution in [0.3, 0.4) is 0 Å². The molecule has 0 radical (unpaired) electrons. The maximum absolute atomic E-state index is 12.4. The van der Waals surface area contributed by atoms with E-state index in [0.717, 1.165) is 0 Å². The van der Waals surface area contributed by atoms with Gasteiger partial charge in [0.15, 0.2) is 18.1 Å². The molecule has 0 aliphatic heterocycles. The molecule has 0 aliphatic rings. The number of aliphatic carboxylic acids is 1. The number of methoxy groups -OCH3 is 1. The van der Waals surface area contributed by atoms with Crippen molar-refractivity contribution in [2.45, 2.75) is 13.3 Å². The largest absolute Gasteiger partial charge is 0.493 e. The van der Waals surface area contributed by atoms with E-state index in [1.165, 1.54) is 30.2 Å². The van der Waals surface area contributed by atoms with Gasteiger partial charge in [-0.3, -0.25) is 14.4 Å². The molecular weight excluding hydrogens is 304 g/mol. The summed E-state index contributed by atoms with van der Waals surface area (Å²) in [5.41, 5.74) is 5.27. The summed E-state index contributed by atoms with van der Waals surface area (Å²) in [4.78, 5) is 35.3. The fraction of sp³-hybridized carbons (Fsp3) is 0.400. The molecule has 1 rings (SSSR count). The number of hydrogen-bond donors (Lipinski definition) is 2. The molecular formula is C15H20N2O6. The van der Waals surface area contributed by atoms with Crippen LogP contribution in [0.2, 0.25) is 0 Å². The Kier molecular flexibility index (Phi) is 6.85. The number of ether oxygens (including phenoxy) is 2. The Bertz CT molecular complexity index is 587. The molecule has 0 spiro atoms. The van der Waals surface area contributed by atoms with Gasteiger partial charge >= 0.3 is 5.97 Å². The van der Waals surface area contributed by atoms with Crippen molar-refractivity contribution in [2.24, 2.45) is 5.73 Å². The van der Waals surface area contributed by atoms with Crippen LogP contribution in [0, 0.1) is 0 Å². The summed E-state index contributed by atoms with van der Waals surface area (Å²) in [6.07, 6.45) is 0.635. The van der Waals surface area contributed by atoms with Crippen LogP contribution in [0.15, 0.2) is 18.2 Å². The number of hydrogen-bond acceptors (Lipinski definition) is 5. The van der Waals surface area contributed by atoms with Crippen LogP contribution >= 0.6 is 0 Å². The summed E-state index contributed by atoms with van der Waals surface area (Å²) in [6, 6.07) is 4.38. The van der Waals surface area contributed by atoms with E-state index in [9.17, 15) is 14.4 Å². The van der Waals surface area contributed by atoms with Gasteiger partial charge in [-0.05, 0) is 24.6 Å². The topological polar surface area (TPSA) is 119 Å². The van der Waals surface area contributed by atoms with Crippen molar-refractivity contribution in [1.82, 2.24) is 4.90 Å². The van der Waals surface area contributed by atoms with Gasteiger partial charge in [0.1, 0.15) is 6.54 Å². The zero-order valence-electron chi connectivity index (χ0n) is 13.1. The molecule has 0 saturated carbocycles. The minimum Gasteiger partial charge on any atom is -0.493 e. The summed E-state index contributed by atoms with van der Waals surface area (Å²) < 4.78 is 10.3.